The van der Waals surface area contributed by atoms with Crippen molar-refractivity contribution in [3.63, 3.8) is 0 Å². The number of morpholine rings is 1. The molecule has 1 fully saturated rings. The fourth-order valence-corrected chi connectivity index (χ4v) is 3.11. The summed E-state index contributed by atoms with van der Waals surface area (Å²) >= 11 is 0. The highest BCUT2D eigenvalue weighted by atomic mass is 16.5. The van der Waals surface area contributed by atoms with Gasteiger partial charge < -0.3 is 10.1 Å². The lowest BCUT2D eigenvalue weighted by Gasteiger charge is -2.43. The van der Waals surface area contributed by atoms with E-state index in [1.54, 1.807) is 24.4 Å². The van der Waals surface area contributed by atoms with Gasteiger partial charge in [0.1, 0.15) is 11.2 Å². The molecular weight excluding hydrogens is 320 g/mol. The van der Waals surface area contributed by atoms with E-state index in [1.807, 2.05) is 0 Å². The zero-order valence-electron chi connectivity index (χ0n) is 14.7. The first-order chi connectivity index (χ1) is 12.0. The maximum absolute atomic E-state index is 12.5. The van der Waals surface area contributed by atoms with Crippen LogP contribution in [0, 0.1) is 0 Å². The molecule has 1 aliphatic rings. The molecule has 1 unspecified atom stereocenters. The molecule has 0 radical (unpaired) electrons. The number of nitrogens with zero attached hydrogens (tertiary/aromatic N) is 3. The fourth-order valence-electron chi connectivity index (χ4n) is 3.11. The summed E-state index contributed by atoms with van der Waals surface area (Å²) in [6.45, 7) is 7.82. The quantitative estimate of drug-likeness (QED) is 0.873. The van der Waals surface area contributed by atoms with E-state index in [1.165, 1.54) is 10.6 Å². The Hall–Kier alpha value is -2.25. The molecule has 25 heavy (non-hydrogen) atoms. The number of carbonyl (C=O) groups is 1. The first kappa shape index (κ1) is 17.6. The Balaban J connectivity index is 1.75. The molecule has 3 heterocycles. The molecule has 134 valence electrons. The van der Waals surface area contributed by atoms with Crippen LogP contribution in [0.3, 0.4) is 0 Å². The Morgan fingerprint density at radius 1 is 1.36 bits per heavy atom. The van der Waals surface area contributed by atoms with Gasteiger partial charge in [-0.1, -0.05) is 13.0 Å². The molecule has 2 aromatic rings. The van der Waals surface area contributed by atoms with Crippen LogP contribution in [0.5, 0.6) is 0 Å². The minimum Gasteiger partial charge on any atom is -0.379 e. The molecule has 0 spiro atoms. The number of aromatic nitrogens is 2. The van der Waals surface area contributed by atoms with Crippen molar-refractivity contribution >= 4 is 11.6 Å². The smallest absolute Gasteiger partial charge is 0.270 e. The Bertz CT molecular complexity index is 813. The van der Waals surface area contributed by atoms with Crippen molar-refractivity contribution in [2.24, 2.45) is 0 Å². The maximum atomic E-state index is 12.5. The molecule has 1 N–H and O–H groups in total. The number of carbonyl (C=O) groups excluding carboxylic acids is 1. The van der Waals surface area contributed by atoms with Gasteiger partial charge in [-0.3, -0.25) is 18.9 Å². The van der Waals surface area contributed by atoms with Crippen molar-refractivity contribution in [1.82, 2.24) is 19.6 Å². The number of pyridine rings is 1. The molecule has 1 saturated heterocycles. The Kier molecular flexibility index (Phi) is 5.15. The molecule has 0 saturated carbocycles. The van der Waals surface area contributed by atoms with Crippen LogP contribution < -0.4 is 10.9 Å². The van der Waals surface area contributed by atoms with E-state index in [4.69, 9.17) is 4.74 Å². The van der Waals surface area contributed by atoms with Gasteiger partial charge in [-0.2, -0.15) is 0 Å². The Morgan fingerprint density at radius 2 is 2.12 bits per heavy atom. The van der Waals surface area contributed by atoms with E-state index in [-0.39, 0.29) is 22.6 Å². The summed E-state index contributed by atoms with van der Waals surface area (Å²) in [5.74, 6) is -0.385. The van der Waals surface area contributed by atoms with Crippen LogP contribution >= 0.6 is 0 Å². The fraction of sp³-hybridized carbons (Fsp3) is 0.500. The molecular formula is C18H24N4O3. The van der Waals surface area contributed by atoms with Crippen LogP contribution in [0.15, 0.2) is 35.4 Å². The van der Waals surface area contributed by atoms with E-state index < -0.39 is 0 Å². The Morgan fingerprint density at radius 3 is 2.84 bits per heavy atom. The minimum atomic E-state index is -0.385. The van der Waals surface area contributed by atoms with Gasteiger partial charge in [0.25, 0.3) is 11.5 Å². The van der Waals surface area contributed by atoms with E-state index in [2.05, 4.69) is 29.0 Å². The minimum absolute atomic E-state index is 0.0594. The number of fused-ring (bicyclic) bond motifs is 1. The highest BCUT2D eigenvalue weighted by Gasteiger charge is 2.32. The molecule has 0 aromatic carbocycles. The normalized spacial score (nSPS) is 18.0. The van der Waals surface area contributed by atoms with Gasteiger partial charge in [-0.15, -0.1) is 0 Å². The molecule has 7 nitrogen and oxygen atoms in total. The third-order valence-electron chi connectivity index (χ3n) is 5.02. The number of ether oxygens (including phenoxy) is 1. The van der Waals surface area contributed by atoms with E-state index in [0.29, 0.717) is 25.4 Å². The second kappa shape index (κ2) is 7.33. The van der Waals surface area contributed by atoms with Gasteiger partial charge in [0.2, 0.25) is 0 Å². The van der Waals surface area contributed by atoms with Crippen LogP contribution in [0.25, 0.3) is 5.65 Å². The second-order valence-corrected chi connectivity index (χ2v) is 6.54. The highest BCUT2D eigenvalue weighted by Crippen LogP contribution is 2.20. The van der Waals surface area contributed by atoms with Gasteiger partial charge in [-0.05, 0) is 25.5 Å². The molecule has 7 heteroatoms. The van der Waals surface area contributed by atoms with Crippen molar-refractivity contribution in [3.05, 3.63) is 46.5 Å². The predicted octanol–water partition coefficient (Wildman–Crippen LogP) is 0.925. The lowest BCUT2D eigenvalue weighted by molar-refractivity contribution is -0.0169. The van der Waals surface area contributed by atoms with E-state index in [0.717, 1.165) is 19.5 Å². The average molecular weight is 344 g/mol. The average Bonchev–Trinajstić information content (AvgIpc) is 2.67. The molecule has 1 amide bonds. The summed E-state index contributed by atoms with van der Waals surface area (Å²) in [6, 6.07) is 5.27. The topological polar surface area (TPSA) is 75.9 Å². The zero-order valence-corrected chi connectivity index (χ0v) is 14.7. The lowest BCUT2D eigenvalue weighted by Crippen LogP contribution is -2.57. The van der Waals surface area contributed by atoms with Gasteiger partial charge >= 0.3 is 0 Å². The summed E-state index contributed by atoms with van der Waals surface area (Å²) < 4.78 is 6.79. The van der Waals surface area contributed by atoms with Crippen molar-refractivity contribution < 1.29 is 9.53 Å². The van der Waals surface area contributed by atoms with Gasteiger partial charge in [0, 0.05) is 37.6 Å². The third-order valence-corrected chi connectivity index (χ3v) is 5.02. The zero-order chi connectivity index (χ0) is 17.9. The molecule has 0 aliphatic carbocycles. The van der Waals surface area contributed by atoms with Crippen LogP contribution in [0.4, 0.5) is 0 Å². The van der Waals surface area contributed by atoms with Crippen molar-refractivity contribution in [1.29, 1.82) is 0 Å². The van der Waals surface area contributed by atoms with Crippen LogP contribution in [0.1, 0.15) is 30.6 Å². The monoisotopic (exact) mass is 344 g/mol. The van der Waals surface area contributed by atoms with E-state index >= 15 is 0 Å². The molecule has 3 rings (SSSR count). The summed E-state index contributed by atoms with van der Waals surface area (Å²) in [7, 11) is 0. The summed E-state index contributed by atoms with van der Waals surface area (Å²) in [5.41, 5.74) is 0.0625. The maximum Gasteiger partial charge on any atom is 0.270 e. The Labute approximate surface area is 146 Å². The van der Waals surface area contributed by atoms with Crippen LogP contribution in [-0.2, 0) is 4.74 Å². The summed E-state index contributed by atoms with van der Waals surface area (Å²) in [4.78, 5) is 31.6. The largest absolute Gasteiger partial charge is 0.379 e. The second-order valence-electron chi connectivity index (χ2n) is 6.54. The molecule has 1 atom stereocenters. The summed E-state index contributed by atoms with van der Waals surface area (Å²) in [5, 5.41) is 2.92. The molecule has 0 bridgehead atoms. The molecule has 2 aromatic heterocycles. The van der Waals surface area contributed by atoms with Gasteiger partial charge in [0.15, 0.2) is 0 Å². The first-order valence-electron chi connectivity index (χ1n) is 8.62. The van der Waals surface area contributed by atoms with E-state index in [9.17, 15) is 9.59 Å². The van der Waals surface area contributed by atoms with Gasteiger partial charge in [0.05, 0.1) is 13.2 Å². The van der Waals surface area contributed by atoms with Crippen LogP contribution in [-0.4, -0.2) is 58.6 Å². The number of hydrogen-bond donors (Lipinski definition) is 1. The van der Waals surface area contributed by atoms with Crippen molar-refractivity contribution in [2.75, 3.05) is 32.8 Å². The standard InChI is InChI=1S/C18H24N4O3/c1-3-18(2,21-8-10-25-11-9-21)13-20-16(23)14-12-19-15-6-4-5-7-22(15)17(14)24/h4-7,12H,3,8-11,13H2,1-2H3,(H,20,23). The number of rotatable bonds is 5. The summed E-state index contributed by atoms with van der Waals surface area (Å²) in [6.07, 6.45) is 3.86. The number of nitrogens with one attached hydrogen (secondary N) is 1. The lowest BCUT2D eigenvalue weighted by atomic mass is 9.95. The van der Waals surface area contributed by atoms with Crippen LogP contribution in [0.2, 0.25) is 0 Å². The van der Waals surface area contributed by atoms with Gasteiger partial charge in [-0.25, -0.2) is 4.98 Å². The number of hydrogen-bond acceptors (Lipinski definition) is 5. The van der Waals surface area contributed by atoms with Crippen molar-refractivity contribution in [3.8, 4) is 0 Å². The third kappa shape index (κ3) is 3.57. The molecule has 1 aliphatic heterocycles. The predicted molar refractivity (Wildman–Crippen MR) is 94.9 cm³/mol. The SMILES string of the molecule is CCC(C)(CNC(=O)c1cnc2ccccn2c1=O)N1CCOCC1. The first-order valence-corrected chi connectivity index (χ1v) is 8.62. The number of amides is 1. The highest BCUT2D eigenvalue weighted by molar-refractivity contribution is 5.93. The van der Waals surface area contributed by atoms with Crippen molar-refractivity contribution in [2.45, 2.75) is 25.8 Å².